The summed E-state index contributed by atoms with van der Waals surface area (Å²) in [5.74, 6) is -5.33. The zero-order valence-electron chi connectivity index (χ0n) is 25.7. The van der Waals surface area contributed by atoms with Gasteiger partial charge in [0.15, 0.2) is 0 Å². The molecular formula is C32H43ClF4N4O4. The summed E-state index contributed by atoms with van der Waals surface area (Å²) in [6.45, 7) is 0.360. The van der Waals surface area contributed by atoms with Gasteiger partial charge in [-0.25, -0.2) is 13.9 Å². The van der Waals surface area contributed by atoms with Gasteiger partial charge in [-0.2, -0.15) is 18.3 Å². The Labute approximate surface area is 265 Å². The number of rotatable bonds is 5. The summed E-state index contributed by atoms with van der Waals surface area (Å²) >= 11 is 6.70. The molecule has 2 amide bonds. The molecule has 4 fully saturated rings. The average molecular weight is 659 g/mol. The van der Waals surface area contributed by atoms with Crippen LogP contribution in [-0.4, -0.2) is 80.0 Å². The molecule has 0 bridgehead atoms. The first kappa shape index (κ1) is 32.6. The SMILES string of the molecule is CN(C(=O)N1CCc2c(C3CCC(C(=O)O)CC3F)nn(C(=O)C3C(Cl)CCCC3C3(C(F)(F)F)CC3)c2C1)C1CCCCC1. The van der Waals surface area contributed by atoms with Gasteiger partial charge in [-0.15, -0.1) is 11.6 Å². The standard InChI is InChI=1S/C32H43ClF4N4O4/c1-39(19-6-3-2-4-7-19)30(45)40-15-12-21-25(17-40)41(38-27(21)20-11-10-18(29(43)44)16-24(20)34)28(42)26-22(8-5-9-23(26)33)31(13-14-31)32(35,36)37/h18-20,22-24,26H,2-17H2,1H3,(H,43,44). The maximum absolute atomic E-state index is 15.6. The molecule has 0 spiro atoms. The summed E-state index contributed by atoms with van der Waals surface area (Å²) in [5.41, 5.74) is -0.535. The van der Waals surface area contributed by atoms with Crippen LogP contribution < -0.4 is 0 Å². The Bertz CT molecular complexity index is 1310. The molecule has 1 N–H and O–H groups in total. The molecule has 6 rings (SSSR count). The van der Waals surface area contributed by atoms with E-state index in [0.29, 0.717) is 42.8 Å². The summed E-state index contributed by atoms with van der Waals surface area (Å²) in [4.78, 5) is 43.1. The lowest BCUT2D eigenvalue weighted by Crippen LogP contribution is -2.49. The molecule has 0 saturated heterocycles. The third-order valence-corrected chi connectivity index (χ3v) is 12.1. The number of amides is 2. The quantitative estimate of drug-likeness (QED) is 0.273. The second kappa shape index (κ2) is 12.3. The van der Waals surface area contributed by atoms with Crippen LogP contribution in [0.5, 0.6) is 0 Å². The van der Waals surface area contributed by atoms with E-state index in [1.165, 1.54) is 0 Å². The number of alkyl halides is 5. The minimum Gasteiger partial charge on any atom is -0.481 e. The fraction of sp³-hybridized carbons (Fsp3) is 0.812. The molecule has 0 radical (unpaired) electrons. The number of carboxylic acid groups (broad SMARTS) is 1. The van der Waals surface area contributed by atoms with Gasteiger partial charge in [-0.3, -0.25) is 9.59 Å². The van der Waals surface area contributed by atoms with E-state index >= 15 is 4.39 Å². The van der Waals surface area contributed by atoms with Gasteiger partial charge in [-0.05, 0) is 70.1 Å². The molecule has 13 heteroatoms. The number of fused-ring (bicyclic) bond motifs is 1. The van der Waals surface area contributed by atoms with Crippen molar-refractivity contribution in [2.75, 3.05) is 13.6 Å². The number of urea groups is 1. The van der Waals surface area contributed by atoms with E-state index in [2.05, 4.69) is 5.10 Å². The highest BCUT2D eigenvalue weighted by atomic mass is 35.5. The average Bonchev–Trinajstić information content (AvgIpc) is 3.76. The summed E-state index contributed by atoms with van der Waals surface area (Å²) in [7, 11) is 1.78. The van der Waals surface area contributed by atoms with Gasteiger partial charge in [0.2, 0.25) is 0 Å². The maximum Gasteiger partial charge on any atom is 0.394 e. The lowest BCUT2D eigenvalue weighted by molar-refractivity contribution is -0.209. The molecule has 0 aromatic carbocycles. The Balaban J connectivity index is 1.35. The fourth-order valence-corrected chi connectivity index (χ4v) is 9.25. The predicted molar refractivity (Wildman–Crippen MR) is 158 cm³/mol. The van der Waals surface area contributed by atoms with Crippen LogP contribution in [0.3, 0.4) is 0 Å². The topological polar surface area (TPSA) is 95.7 Å². The first-order valence-corrected chi connectivity index (χ1v) is 17.0. The first-order valence-electron chi connectivity index (χ1n) is 16.6. The number of carboxylic acids is 1. The zero-order valence-corrected chi connectivity index (χ0v) is 26.5. The predicted octanol–water partition coefficient (Wildman–Crippen LogP) is 6.94. The summed E-state index contributed by atoms with van der Waals surface area (Å²) in [5, 5.41) is 13.3. The summed E-state index contributed by atoms with van der Waals surface area (Å²) < 4.78 is 59.8. The number of carbonyl (C=O) groups is 3. The molecule has 6 atom stereocenters. The number of halogens is 5. The molecule has 5 aliphatic rings. The molecule has 1 aromatic rings. The molecule has 8 nitrogen and oxygen atoms in total. The number of carbonyl (C=O) groups excluding carboxylic acids is 2. The minimum atomic E-state index is -4.46. The molecule has 6 unspecified atom stereocenters. The van der Waals surface area contributed by atoms with Gasteiger partial charge >= 0.3 is 18.2 Å². The largest absolute Gasteiger partial charge is 0.481 e. The van der Waals surface area contributed by atoms with E-state index in [4.69, 9.17) is 11.6 Å². The van der Waals surface area contributed by atoms with E-state index in [9.17, 15) is 32.7 Å². The number of aromatic nitrogens is 2. The third-order valence-electron chi connectivity index (χ3n) is 11.6. The Hall–Kier alpha value is -2.37. The van der Waals surface area contributed by atoms with Crippen LogP contribution in [0.4, 0.5) is 22.4 Å². The summed E-state index contributed by atoms with van der Waals surface area (Å²) in [6.07, 6.45) is 0.797. The van der Waals surface area contributed by atoms with Crippen LogP contribution in [0, 0.1) is 23.2 Å². The monoisotopic (exact) mass is 658 g/mol. The Morgan fingerprint density at radius 2 is 1.73 bits per heavy atom. The van der Waals surface area contributed by atoms with Gasteiger partial charge in [0.1, 0.15) is 6.17 Å². The van der Waals surface area contributed by atoms with Crippen LogP contribution >= 0.6 is 11.6 Å². The van der Waals surface area contributed by atoms with Gasteiger partial charge < -0.3 is 14.9 Å². The van der Waals surface area contributed by atoms with E-state index in [1.807, 2.05) is 0 Å². The second-order valence-electron chi connectivity index (χ2n) is 14.1. The Morgan fingerprint density at radius 1 is 1.02 bits per heavy atom. The maximum atomic E-state index is 15.6. The van der Waals surface area contributed by atoms with Crippen molar-refractivity contribution in [3.8, 4) is 0 Å². The Morgan fingerprint density at radius 3 is 2.36 bits per heavy atom. The van der Waals surface area contributed by atoms with Crippen molar-refractivity contribution in [1.29, 1.82) is 0 Å². The smallest absolute Gasteiger partial charge is 0.394 e. The van der Waals surface area contributed by atoms with Crippen LogP contribution in [0.2, 0.25) is 0 Å². The molecule has 1 aliphatic heterocycles. The van der Waals surface area contributed by atoms with Crippen molar-refractivity contribution in [2.45, 2.75) is 126 Å². The van der Waals surface area contributed by atoms with Crippen molar-refractivity contribution in [3.63, 3.8) is 0 Å². The highest BCUT2D eigenvalue weighted by Crippen LogP contribution is 2.66. The molecule has 1 aromatic heterocycles. The molecule has 250 valence electrons. The van der Waals surface area contributed by atoms with Crippen LogP contribution in [-0.2, 0) is 17.8 Å². The van der Waals surface area contributed by atoms with Crippen molar-refractivity contribution < 1.29 is 37.1 Å². The normalized spacial score (nSPS) is 32.1. The number of aliphatic carboxylic acids is 1. The van der Waals surface area contributed by atoms with Crippen molar-refractivity contribution in [2.24, 2.45) is 23.2 Å². The first-order chi connectivity index (χ1) is 21.3. The van der Waals surface area contributed by atoms with Gasteiger partial charge in [0.25, 0.3) is 5.91 Å². The second-order valence-corrected chi connectivity index (χ2v) is 14.7. The van der Waals surface area contributed by atoms with E-state index in [0.717, 1.165) is 36.8 Å². The number of hydrogen-bond acceptors (Lipinski definition) is 4. The highest BCUT2D eigenvalue weighted by Gasteiger charge is 2.69. The van der Waals surface area contributed by atoms with Gasteiger partial charge in [0, 0.05) is 36.5 Å². The van der Waals surface area contributed by atoms with Gasteiger partial charge in [0.05, 0.1) is 35.2 Å². The molecule has 4 aliphatic carbocycles. The Kier molecular flexibility index (Phi) is 8.93. The van der Waals surface area contributed by atoms with Crippen LogP contribution in [0.15, 0.2) is 0 Å². The van der Waals surface area contributed by atoms with Crippen LogP contribution in [0.1, 0.15) is 111 Å². The number of nitrogens with zero attached hydrogens (tertiary/aromatic N) is 4. The fourth-order valence-electron chi connectivity index (χ4n) is 8.82. The van der Waals surface area contributed by atoms with Crippen molar-refractivity contribution >= 4 is 29.5 Å². The lowest BCUT2D eigenvalue weighted by atomic mass is 9.69. The molecule has 45 heavy (non-hydrogen) atoms. The minimum absolute atomic E-state index is 0.0279. The lowest BCUT2D eigenvalue weighted by Gasteiger charge is -2.40. The molecule has 2 heterocycles. The van der Waals surface area contributed by atoms with E-state index < -0.39 is 58.7 Å². The van der Waals surface area contributed by atoms with Crippen molar-refractivity contribution in [3.05, 3.63) is 17.0 Å². The highest BCUT2D eigenvalue weighted by molar-refractivity contribution is 6.22. The van der Waals surface area contributed by atoms with Crippen LogP contribution in [0.25, 0.3) is 0 Å². The van der Waals surface area contributed by atoms with E-state index in [1.54, 1.807) is 16.8 Å². The van der Waals surface area contributed by atoms with E-state index in [-0.39, 0.29) is 57.1 Å². The molecule has 4 saturated carbocycles. The molecular weight excluding hydrogens is 616 g/mol. The van der Waals surface area contributed by atoms with Gasteiger partial charge in [-0.1, -0.05) is 25.7 Å². The zero-order chi connectivity index (χ0) is 32.3. The van der Waals surface area contributed by atoms with Crippen molar-refractivity contribution in [1.82, 2.24) is 19.6 Å². The third kappa shape index (κ3) is 5.86. The number of hydrogen-bond donors (Lipinski definition) is 1. The summed E-state index contributed by atoms with van der Waals surface area (Å²) in [6, 6.07) is -0.0667.